The van der Waals surface area contributed by atoms with E-state index in [4.69, 9.17) is 9.84 Å². The van der Waals surface area contributed by atoms with Crippen molar-refractivity contribution in [3.05, 3.63) is 29.8 Å². The molecule has 1 aromatic rings. The Morgan fingerprint density at radius 1 is 1.47 bits per heavy atom. The molecular formula is C13H17NO3. The first-order valence-corrected chi connectivity index (χ1v) is 5.78. The molecule has 0 aliphatic carbocycles. The Morgan fingerprint density at radius 2 is 2.18 bits per heavy atom. The molecule has 0 radical (unpaired) electrons. The summed E-state index contributed by atoms with van der Waals surface area (Å²) in [6, 6.07) is 7.33. The molecule has 0 spiro atoms. The number of para-hydroxylation sites is 1. The molecule has 1 aliphatic rings. The summed E-state index contributed by atoms with van der Waals surface area (Å²) in [7, 11) is 1.93. The summed E-state index contributed by atoms with van der Waals surface area (Å²) in [6.07, 6.45) is 1.08. The lowest BCUT2D eigenvalue weighted by Crippen LogP contribution is -2.37. The predicted octanol–water partition coefficient (Wildman–Crippen LogP) is 2.00. The van der Waals surface area contributed by atoms with Gasteiger partial charge in [-0.2, -0.15) is 0 Å². The monoisotopic (exact) mass is 235 g/mol. The molecule has 0 saturated carbocycles. The van der Waals surface area contributed by atoms with E-state index in [0.29, 0.717) is 5.56 Å². The number of hydrogen-bond acceptors (Lipinski definition) is 3. The summed E-state index contributed by atoms with van der Waals surface area (Å²) in [5.41, 5.74) is 1.09. The fraction of sp³-hybridized carbons (Fsp3) is 0.462. The smallest absolute Gasteiger partial charge is 0.337 e. The number of hydrogen-bond donors (Lipinski definition) is 1. The second-order valence-corrected chi connectivity index (χ2v) is 4.37. The maximum atomic E-state index is 11.2. The molecule has 2 rings (SSSR count). The molecule has 17 heavy (non-hydrogen) atoms. The fourth-order valence-corrected chi connectivity index (χ4v) is 2.37. The Bertz CT molecular complexity index is 419. The van der Waals surface area contributed by atoms with Crippen LogP contribution >= 0.6 is 0 Å². The molecule has 1 aliphatic heterocycles. The second kappa shape index (κ2) is 4.75. The molecule has 1 saturated heterocycles. The van der Waals surface area contributed by atoms with E-state index in [-0.39, 0.29) is 12.1 Å². The van der Waals surface area contributed by atoms with Gasteiger partial charge in [0, 0.05) is 13.7 Å². The van der Waals surface area contributed by atoms with Crippen molar-refractivity contribution in [2.75, 3.05) is 18.6 Å². The Balaban J connectivity index is 2.30. The van der Waals surface area contributed by atoms with Crippen LogP contribution in [0.5, 0.6) is 0 Å². The third-order valence-corrected chi connectivity index (χ3v) is 3.35. The fourth-order valence-electron chi connectivity index (χ4n) is 2.37. The van der Waals surface area contributed by atoms with E-state index in [0.717, 1.165) is 18.7 Å². The van der Waals surface area contributed by atoms with Crippen LogP contribution in [0.2, 0.25) is 0 Å². The van der Waals surface area contributed by atoms with E-state index < -0.39 is 5.97 Å². The Kier molecular flexibility index (Phi) is 3.33. The Hall–Kier alpha value is -1.55. The zero-order chi connectivity index (χ0) is 12.4. The quantitative estimate of drug-likeness (QED) is 0.870. The van der Waals surface area contributed by atoms with Crippen molar-refractivity contribution in [3.63, 3.8) is 0 Å². The minimum absolute atomic E-state index is 0.141. The predicted molar refractivity (Wildman–Crippen MR) is 65.6 cm³/mol. The first-order chi connectivity index (χ1) is 8.11. The highest BCUT2D eigenvalue weighted by Crippen LogP contribution is 2.27. The van der Waals surface area contributed by atoms with E-state index in [1.54, 1.807) is 12.1 Å². The molecule has 1 heterocycles. The highest BCUT2D eigenvalue weighted by molar-refractivity contribution is 5.94. The summed E-state index contributed by atoms with van der Waals surface area (Å²) in [4.78, 5) is 13.2. The van der Waals surface area contributed by atoms with Crippen molar-refractivity contribution in [2.45, 2.75) is 25.5 Å². The van der Waals surface area contributed by atoms with Crippen molar-refractivity contribution in [1.82, 2.24) is 0 Å². The van der Waals surface area contributed by atoms with E-state index in [2.05, 4.69) is 0 Å². The topological polar surface area (TPSA) is 49.8 Å². The molecule has 2 atom stereocenters. The highest BCUT2D eigenvalue weighted by Gasteiger charge is 2.29. The number of ether oxygens (including phenoxy) is 1. The van der Waals surface area contributed by atoms with Crippen LogP contribution in [0.25, 0.3) is 0 Å². The van der Waals surface area contributed by atoms with Crippen LogP contribution in [-0.4, -0.2) is 36.9 Å². The molecular weight excluding hydrogens is 218 g/mol. The molecule has 0 amide bonds. The minimum Gasteiger partial charge on any atom is -0.478 e. The normalized spacial score (nSPS) is 23.6. The number of rotatable bonds is 3. The molecule has 4 heteroatoms. The van der Waals surface area contributed by atoms with Gasteiger partial charge >= 0.3 is 5.97 Å². The standard InChI is InChI=1S/C13H17NO3/c1-9-11(7-8-17-9)14(2)12-6-4-3-5-10(12)13(15)16/h3-6,9,11H,7-8H2,1-2H3,(H,15,16). The summed E-state index contributed by atoms with van der Waals surface area (Å²) >= 11 is 0. The Morgan fingerprint density at radius 3 is 2.76 bits per heavy atom. The van der Waals surface area contributed by atoms with Gasteiger partial charge in [0.2, 0.25) is 0 Å². The van der Waals surface area contributed by atoms with Crippen molar-refractivity contribution < 1.29 is 14.6 Å². The van der Waals surface area contributed by atoms with Gasteiger partial charge in [-0.05, 0) is 25.5 Å². The number of anilines is 1. The first-order valence-electron chi connectivity index (χ1n) is 5.78. The minimum atomic E-state index is -0.890. The lowest BCUT2D eigenvalue weighted by atomic mass is 10.1. The number of carboxylic acid groups (broad SMARTS) is 1. The molecule has 1 fully saturated rings. The SMILES string of the molecule is CC1OCCC1N(C)c1ccccc1C(=O)O. The first kappa shape index (κ1) is 11.9. The van der Waals surface area contributed by atoms with Crippen molar-refractivity contribution >= 4 is 11.7 Å². The van der Waals surface area contributed by atoms with Gasteiger partial charge in [-0.1, -0.05) is 12.1 Å². The maximum Gasteiger partial charge on any atom is 0.337 e. The van der Waals surface area contributed by atoms with Gasteiger partial charge in [-0.3, -0.25) is 0 Å². The molecule has 92 valence electrons. The number of likely N-dealkylation sites (N-methyl/N-ethyl adjacent to an activating group) is 1. The molecule has 0 aromatic heterocycles. The largest absolute Gasteiger partial charge is 0.478 e. The van der Waals surface area contributed by atoms with Gasteiger partial charge in [0.15, 0.2) is 0 Å². The molecule has 4 nitrogen and oxygen atoms in total. The lowest BCUT2D eigenvalue weighted by molar-refractivity contribution is 0.0697. The number of benzene rings is 1. The number of carboxylic acids is 1. The van der Waals surface area contributed by atoms with Crippen molar-refractivity contribution in [1.29, 1.82) is 0 Å². The summed E-state index contributed by atoms with van der Waals surface area (Å²) in [5, 5.41) is 9.17. The second-order valence-electron chi connectivity index (χ2n) is 4.37. The van der Waals surface area contributed by atoms with E-state index >= 15 is 0 Å². The van der Waals surface area contributed by atoms with Crippen LogP contribution < -0.4 is 4.90 Å². The van der Waals surface area contributed by atoms with Crippen LogP contribution in [0, 0.1) is 0 Å². The van der Waals surface area contributed by atoms with Gasteiger partial charge in [0.05, 0.1) is 23.4 Å². The highest BCUT2D eigenvalue weighted by atomic mass is 16.5. The number of aromatic carboxylic acids is 1. The zero-order valence-corrected chi connectivity index (χ0v) is 10.1. The molecule has 2 unspecified atom stereocenters. The zero-order valence-electron chi connectivity index (χ0n) is 10.1. The molecule has 1 aromatic carbocycles. The third kappa shape index (κ3) is 2.26. The van der Waals surface area contributed by atoms with Gasteiger partial charge in [0.1, 0.15) is 0 Å². The van der Waals surface area contributed by atoms with Crippen LogP contribution in [0.1, 0.15) is 23.7 Å². The average Bonchev–Trinajstić information content (AvgIpc) is 2.74. The van der Waals surface area contributed by atoms with Crippen molar-refractivity contribution in [2.24, 2.45) is 0 Å². The number of carbonyl (C=O) groups is 1. The third-order valence-electron chi connectivity index (χ3n) is 3.35. The van der Waals surface area contributed by atoms with Gasteiger partial charge < -0.3 is 14.7 Å². The van der Waals surface area contributed by atoms with E-state index in [1.165, 1.54) is 0 Å². The van der Waals surface area contributed by atoms with E-state index in [1.807, 2.05) is 31.0 Å². The van der Waals surface area contributed by atoms with Gasteiger partial charge in [-0.15, -0.1) is 0 Å². The van der Waals surface area contributed by atoms with Crippen molar-refractivity contribution in [3.8, 4) is 0 Å². The molecule has 0 bridgehead atoms. The van der Waals surface area contributed by atoms with E-state index in [9.17, 15) is 4.79 Å². The summed E-state index contributed by atoms with van der Waals surface area (Å²) < 4.78 is 5.52. The summed E-state index contributed by atoms with van der Waals surface area (Å²) in [6.45, 7) is 2.77. The van der Waals surface area contributed by atoms with Crippen LogP contribution in [-0.2, 0) is 4.74 Å². The maximum absolute atomic E-state index is 11.2. The lowest BCUT2D eigenvalue weighted by Gasteiger charge is -2.29. The average molecular weight is 235 g/mol. The van der Waals surface area contributed by atoms with Crippen LogP contribution in [0.4, 0.5) is 5.69 Å². The van der Waals surface area contributed by atoms with Crippen LogP contribution in [0.3, 0.4) is 0 Å². The molecule has 1 N–H and O–H groups in total. The Labute approximate surface area is 101 Å². The van der Waals surface area contributed by atoms with Gasteiger partial charge in [0.25, 0.3) is 0 Å². The number of nitrogens with zero attached hydrogens (tertiary/aromatic N) is 1. The summed E-state index contributed by atoms with van der Waals surface area (Å²) in [5.74, 6) is -0.890. The van der Waals surface area contributed by atoms with Gasteiger partial charge in [-0.25, -0.2) is 4.79 Å². The van der Waals surface area contributed by atoms with Crippen LogP contribution in [0.15, 0.2) is 24.3 Å².